The standard InChI is InChI=1S/C8H11BrOS2/c9-8-4-7(6-12-8)5-11-3-1-2-10/h4,6,10H,1-3,5H2. The molecule has 0 bridgehead atoms. The van der Waals surface area contributed by atoms with Gasteiger partial charge < -0.3 is 5.11 Å². The van der Waals surface area contributed by atoms with Crippen molar-refractivity contribution in [2.75, 3.05) is 12.4 Å². The number of hydrogen-bond acceptors (Lipinski definition) is 3. The molecule has 12 heavy (non-hydrogen) atoms. The molecule has 0 spiro atoms. The van der Waals surface area contributed by atoms with Crippen molar-refractivity contribution in [1.29, 1.82) is 0 Å². The van der Waals surface area contributed by atoms with Crippen molar-refractivity contribution in [2.45, 2.75) is 12.2 Å². The second-order valence-corrected chi connectivity index (χ2v) is 5.78. The van der Waals surface area contributed by atoms with Crippen LogP contribution >= 0.6 is 39.0 Å². The van der Waals surface area contributed by atoms with Gasteiger partial charge in [0.2, 0.25) is 0 Å². The first-order valence-electron chi connectivity index (χ1n) is 3.74. The van der Waals surface area contributed by atoms with E-state index in [0.29, 0.717) is 6.61 Å². The Bertz CT molecular complexity index is 225. The molecule has 1 aromatic heterocycles. The monoisotopic (exact) mass is 266 g/mol. The normalized spacial score (nSPS) is 10.5. The fraction of sp³-hybridized carbons (Fsp3) is 0.500. The molecule has 0 radical (unpaired) electrons. The Hall–Kier alpha value is 0.490. The summed E-state index contributed by atoms with van der Waals surface area (Å²) in [5.74, 6) is 2.10. The summed E-state index contributed by atoms with van der Waals surface area (Å²) in [4.78, 5) is 0. The van der Waals surface area contributed by atoms with Gasteiger partial charge in [0.05, 0.1) is 3.79 Å². The van der Waals surface area contributed by atoms with Gasteiger partial charge in [-0.2, -0.15) is 11.8 Å². The van der Waals surface area contributed by atoms with Crippen LogP contribution in [0, 0.1) is 0 Å². The maximum Gasteiger partial charge on any atom is 0.0701 e. The van der Waals surface area contributed by atoms with Gasteiger partial charge in [-0.25, -0.2) is 0 Å². The van der Waals surface area contributed by atoms with Crippen LogP contribution in [0.5, 0.6) is 0 Å². The number of thioether (sulfide) groups is 1. The van der Waals surface area contributed by atoms with E-state index in [1.165, 1.54) is 9.35 Å². The van der Waals surface area contributed by atoms with E-state index < -0.39 is 0 Å². The number of aliphatic hydroxyl groups is 1. The third-order valence-corrected chi connectivity index (χ3v) is 4.01. The maximum atomic E-state index is 8.55. The first kappa shape index (κ1) is 10.6. The summed E-state index contributed by atoms with van der Waals surface area (Å²) in [7, 11) is 0. The molecule has 0 aliphatic heterocycles. The summed E-state index contributed by atoms with van der Waals surface area (Å²) in [5, 5.41) is 10.7. The molecular formula is C8H11BrOS2. The van der Waals surface area contributed by atoms with Crippen LogP contribution in [0.15, 0.2) is 15.2 Å². The van der Waals surface area contributed by atoms with Crippen molar-refractivity contribution in [3.8, 4) is 0 Å². The summed E-state index contributed by atoms with van der Waals surface area (Å²) >= 11 is 7.02. The van der Waals surface area contributed by atoms with Crippen molar-refractivity contribution in [1.82, 2.24) is 0 Å². The van der Waals surface area contributed by atoms with Crippen LogP contribution in [0.1, 0.15) is 12.0 Å². The molecule has 0 atom stereocenters. The minimum absolute atomic E-state index is 0.306. The van der Waals surface area contributed by atoms with Crippen molar-refractivity contribution >= 4 is 39.0 Å². The molecule has 4 heteroatoms. The number of halogens is 1. The molecule has 1 N–H and O–H groups in total. The lowest BCUT2D eigenvalue weighted by atomic mass is 10.4. The highest BCUT2D eigenvalue weighted by molar-refractivity contribution is 9.11. The summed E-state index contributed by atoms with van der Waals surface area (Å²) in [6.07, 6.45) is 0.899. The largest absolute Gasteiger partial charge is 0.396 e. The van der Waals surface area contributed by atoms with Crippen LogP contribution in [0.2, 0.25) is 0 Å². The Kier molecular flexibility index (Phi) is 5.30. The van der Waals surface area contributed by atoms with E-state index in [0.717, 1.165) is 17.9 Å². The zero-order valence-corrected chi connectivity index (χ0v) is 9.84. The van der Waals surface area contributed by atoms with Gasteiger partial charge in [-0.1, -0.05) is 0 Å². The molecule has 0 saturated heterocycles. The molecule has 1 aromatic rings. The van der Waals surface area contributed by atoms with Crippen molar-refractivity contribution in [3.63, 3.8) is 0 Å². The molecule has 0 fully saturated rings. The highest BCUT2D eigenvalue weighted by Gasteiger charge is 1.96. The van der Waals surface area contributed by atoms with Crippen LogP contribution in [-0.4, -0.2) is 17.5 Å². The predicted molar refractivity (Wildman–Crippen MR) is 59.9 cm³/mol. The Morgan fingerprint density at radius 1 is 1.58 bits per heavy atom. The van der Waals surface area contributed by atoms with Crippen molar-refractivity contribution in [3.05, 3.63) is 20.8 Å². The first-order chi connectivity index (χ1) is 5.83. The van der Waals surface area contributed by atoms with Gasteiger partial charge in [0, 0.05) is 12.4 Å². The zero-order valence-electron chi connectivity index (χ0n) is 6.62. The van der Waals surface area contributed by atoms with Crippen molar-refractivity contribution in [2.24, 2.45) is 0 Å². The van der Waals surface area contributed by atoms with Gasteiger partial charge in [-0.15, -0.1) is 11.3 Å². The lowest BCUT2D eigenvalue weighted by Gasteiger charge is -1.96. The molecule has 1 heterocycles. The predicted octanol–water partition coefficient (Wildman–Crippen LogP) is 3.13. The van der Waals surface area contributed by atoms with E-state index in [9.17, 15) is 0 Å². The fourth-order valence-corrected chi connectivity index (χ4v) is 2.97. The van der Waals surface area contributed by atoms with E-state index in [-0.39, 0.29) is 0 Å². The van der Waals surface area contributed by atoms with Crippen LogP contribution in [0.25, 0.3) is 0 Å². The molecule has 0 amide bonds. The molecule has 0 saturated carbocycles. The SMILES string of the molecule is OCCCSCc1csc(Br)c1. The van der Waals surface area contributed by atoms with E-state index in [2.05, 4.69) is 27.4 Å². The highest BCUT2D eigenvalue weighted by Crippen LogP contribution is 2.23. The fourth-order valence-electron chi connectivity index (χ4n) is 0.778. The number of aliphatic hydroxyl groups excluding tert-OH is 1. The molecular weight excluding hydrogens is 256 g/mol. The Labute approximate surface area is 89.3 Å². The minimum Gasteiger partial charge on any atom is -0.396 e. The zero-order chi connectivity index (χ0) is 8.81. The van der Waals surface area contributed by atoms with Crippen LogP contribution in [0.3, 0.4) is 0 Å². The molecule has 0 unspecified atom stereocenters. The van der Waals surface area contributed by atoms with Gasteiger partial charge in [0.25, 0.3) is 0 Å². The summed E-state index contributed by atoms with van der Waals surface area (Å²) in [6.45, 7) is 0.306. The van der Waals surface area contributed by atoms with E-state index in [4.69, 9.17) is 5.11 Å². The molecule has 68 valence electrons. The Morgan fingerprint density at radius 3 is 3.00 bits per heavy atom. The molecule has 0 aliphatic carbocycles. The summed E-state index contributed by atoms with van der Waals surface area (Å²) in [6, 6.07) is 2.15. The third kappa shape index (κ3) is 3.94. The second-order valence-electron chi connectivity index (χ2n) is 2.39. The number of hydrogen-bond donors (Lipinski definition) is 1. The van der Waals surface area contributed by atoms with Gasteiger partial charge >= 0.3 is 0 Å². The van der Waals surface area contributed by atoms with Crippen LogP contribution in [-0.2, 0) is 5.75 Å². The average molecular weight is 267 g/mol. The molecule has 0 aromatic carbocycles. The summed E-state index contributed by atoms with van der Waals surface area (Å²) in [5.41, 5.74) is 1.37. The Morgan fingerprint density at radius 2 is 2.42 bits per heavy atom. The van der Waals surface area contributed by atoms with Gasteiger partial charge in [-0.05, 0) is 45.1 Å². The molecule has 1 nitrogen and oxygen atoms in total. The number of rotatable bonds is 5. The van der Waals surface area contributed by atoms with E-state index in [1.54, 1.807) is 11.3 Å². The minimum atomic E-state index is 0.306. The van der Waals surface area contributed by atoms with E-state index in [1.807, 2.05) is 11.8 Å². The Balaban J connectivity index is 2.15. The lowest BCUT2D eigenvalue weighted by Crippen LogP contribution is -1.86. The highest BCUT2D eigenvalue weighted by atomic mass is 79.9. The molecule has 0 aliphatic rings. The molecule has 1 rings (SSSR count). The van der Waals surface area contributed by atoms with E-state index >= 15 is 0 Å². The third-order valence-electron chi connectivity index (χ3n) is 1.34. The lowest BCUT2D eigenvalue weighted by molar-refractivity contribution is 0.296. The van der Waals surface area contributed by atoms with Crippen molar-refractivity contribution < 1.29 is 5.11 Å². The first-order valence-corrected chi connectivity index (χ1v) is 6.57. The number of thiophene rings is 1. The van der Waals surface area contributed by atoms with Crippen LogP contribution in [0.4, 0.5) is 0 Å². The van der Waals surface area contributed by atoms with Gasteiger partial charge in [0.15, 0.2) is 0 Å². The summed E-state index contributed by atoms with van der Waals surface area (Å²) < 4.78 is 1.19. The topological polar surface area (TPSA) is 20.2 Å². The average Bonchev–Trinajstić information content (AvgIpc) is 2.45. The van der Waals surface area contributed by atoms with Gasteiger partial charge in [-0.3, -0.25) is 0 Å². The van der Waals surface area contributed by atoms with Gasteiger partial charge in [0.1, 0.15) is 0 Å². The maximum absolute atomic E-state index is 8.55. The van der Waals surface area contributed by atoms with Crippen LogP contribution < -0.4 is 0 Å². The second kappa shape index (κ2) is 6.02. The smallest absolute Gasteiger partial charge is 0.0701 e. The quantitative estimate of drug-likeness (QED) is 0.827.